The van der Waals surface area contributed by atoms with Crippen LogP contribution in [0.4, 0.5) is 0 Å². The van der Waals surface area contributed by atoms with Crippen molar-refractivity contribution in [3.05, 3.63) is 251 Å². The summed E-state index contributed by atoms with van der Waals surface area (Å²) in [6.45, 7) is 0. The molecule has 1 N–H and O–H groups in total. The van der Waals surface area contributed by atoms with E-state index in [9.17, 15) is 0 Å². The Balaban J connectivity index is 1.04. The van der Waals surface area contributed by atoms with Crippen LogP contribution in [0.15, 0.2) is 227 Å². The molecule has 0 amide bonds. The maximum absolute atomic E-state index is 5.31. The first-order valence-corrected chi connectivity index (χ1v) is 21.3. The number of nitrogens with zero attached hydrogens (tertiary/aromatic N) is 2. The minimum Gasteiger partial charge on any atom is -0.340 e. The van der Waals surface area contributed by atoms with Crippen molar-refractivity contribution in [3.8, 4) is 33.4 Å². The molecule has 0 saturated heterocycles. The van der Waals surface area contributed by atoms with Crippen molar-refractivity contribution >= 4 is 34.2 Å². The quantitative estimate of drug-likeness (QED) is 0.189. The van der Waals surface area contributed by atoms with Crippen molar-refractivity contribution in [3.63, 3.8) is 0 Å². The number of benzene rings is 8. The molecule has 1 aliphatic carbocycles. The first kappa shape index (κ1) is 34.7. The standard InChI is InChI=1S/C56H37N3S/c1-3-14-36(15-4-1)50-35-51(59-55(58-50)38-16-5-2-6-17-38)42-20-11-19-39(32-42)40-27-29-52-48(33-40)56(46-25-9-7-22-44(46)45-23-8-10-26-47(45)56)49-34-41(28-30-53(49)60-52)43-24-12-18-37-21-13-31-57-54(37)43/h1-35,51H,(H,58,59). The molecule has 1 atom stereocenters. The van der Waals surface area contributed by atoms with Crippen LogP contribution in [0.5, 0.6) is 0 Å². The molecule has 1 aromatic heterocycles. The second-order valence-electron chi connectivity index (χ2n) is 15.7. The summed E-state index contributed by atoms with van der Waals surface area (Å²) in [5.74, 6) is 0.871. The number of pyridine rings is 1. The van der Waals surface area contributed by atoms with Crippen molar-refractivity contribution in [2.45, 2.75) is 21.2 Å². The van der Waals surface area contributed by atoms with Gasteiger partial charge in [0.2, 0.25) is 0 Å². The van der Waals surface area contributed by atoms with Gasteiger partial charge < -0.3 is 5.32 Å². The fourth-order valence-electron chi connectivity index (χ4n) is 9.72. The highest BCUT2D eigenvalue weighted by Crippen LogP contribution is 2.63. The number of hydrogen-bond donors (Lipinski definition) is 1. The molecule has 2 aliphatic heterocycles. The van der Waals surface area contributed by atoms with Crippen LogP contribution >= 0.6 is 11.8 Å². The molecule has 0 fully saturated rings. The summed E-state index contributed by atoms with van der Waals surface area (Å²) < 4.78 is 0. The number of hydrogen-bond acceptors (Lipinski definition) is 4. The Morgan fingerprint density at radius 2 is 1.03 bits per heavy atom. The highest BCUT2D eigenvalue weighted by Gasteiger charge is 2.50. The molecule has 0 saturated carbocycles. The Labute approximate surface area is 353 Å². The summed E-state index contributed by atoms with van der Waals surface area (Å²) in [5, 5.41) is 4.79. The molecule has 1 spiro atoms. The molecule has 4 heteroatoms. The zero-order valence-electron chi connectivity index (χ0n) is 32.6. The van der Waals surface area contributed by atoms with Gasteiger partial charge in [0.05, 0.1) is 17.0 Å². The Kier molecular flexibility index (Phi) is 8.07. The Morgan fingerprint density at radius 3 is 1.78 bits per heavy atom. The number of nitrogens with one attached hydrogen (secondary N) is 1. The third-order valence-electron chi connectivity index (χ3n) is 12.4. The predicted octanol–water partition coefficient (Wildman–Crippen LogP) is 13.5. The number of rotatable bonds is 5. The Bertz CT molecular complexity index is 3110. The van der Waals surface area contributed by atoms with Crippen LogP contribution in [-0.2, 0) is 5.41 Å². The molecular formula is C56H37N3S. The summed E-state index contributed by atoms with van der Waals surface area (Å²) in [5.41, 5.74) is 17.4. The lowest BCUT2D eigenvalue weighted by Gasteiger charge is -2.40. The van der Waals surface area contributed by atoms with Crippen molar-refractivity contribution in [2.75, 3.05) is 0 Å². The van der Waals surface area contributed by atoms with Gasteiger partial charge in [-0.05, 0) is 104 Å². The zero-order valence-corrected chi connectivity index (χ0v) is 33.4. The van der Waals surface area contributed by atoms with Crippen LogP contribution in [0.1, 0.15) is 45.0 Å². The molecular weight excluding hydrogens is 747 g/mol. The average Bonchev–Trinajstić information content (AvgIpc) is 3.62. The Hall–Kier alpha value is -7.27. The zero-order chi connectivity index (χ0) is 39.6. The normalized spacial score (nSPS) is 15.6. The van der Waals surface area contributed by atoms with Crippen molar-refractivity contribution in [2.24, 2.45) is 4.99 Å². The monoisotopic (exact) mass is 783 g/mol. The van der Waals surface area contributed by atoms with E-state index in [1.807, 2.05) is 30.1 Å². The molecule has 0 bridgehead atoms. The molecule has 282 valence electrons. The second kappa shape index (κ2) is 13.9. The van der Waals surface area contributed by atoms with E-state index < -0.39 is 5.41 Å². The third kappa shape index (κ3) is 5.45. The molecule has 9 aromatic rings. The van der Waals surface area contributed by atoms with Gasteiger partial charge in [-0.15, -0.1) is 0 Å². The first-order valence-electron chi connectivity index (χ1n) is 20.5. The van der Waals surface area contributed by atoms with E-state index in [2.05, 4.69) is 199 Å². The Morgan fingerprint density at radius 1 is 0.450 bits per heavy atom. The van der Waals surface area contributed by atoms with E-state index in [1.54, 1.807) is 0 Å². The maximum atomic E-state index is 5.31. The van der Waals surface area contributed by atoms with Crippen LogP contribution in [0.2, 0.25) is 0 Å². The summed E-state index contributed by atoms with van der Waals surface area (Å²) >= 11 is 1.88. The lowest BCUT2D eigenvalue weighted by Crippen LogP contribution is -2.32. The molecule has 12 rings (SSSR count). The lowest BCUT2D eigenvalue weighted by molar-refractivity contribution is 0.723. The van der Waals surface area contributed by atoms with Crippen LogP contribution < -0.4 is 5.32 Å². The van der Waals surface area contributed by atoms with Gasteiger partial charge in [0, 0.05) is 38.2 Å². The minimum atomic E-state index is -0.526. The average molecular weight is 784 g/mol. The van der Waals surface area contributed by atoms with E-state index in [4.69, 9.17) is 9.98 Å². The van der Waals surface area contributed by atoms with Crippen LogP contribution in [0.3, 0.4) is 0 Å². The molecule has 3 nitrogen and oxygen atoms in total. The van der Waals surface area contributed by atoms with E-state index in [1.165, 1.54) is 59.9 Å². The smallest absolute Gasteiger partial charge is 0.133 e. The third-order valence-corrected chi connectivity index (χ3v) is 13.6. The number of aliphatic imine (C=N–C) groups is 1. The highest BCUT2D eigenvalue weighted by atomic mass is 32.2. The van der Waals surface area contributed by atoms with Gasteiger partial charge >= 0.3 is 0 Å². The van der Waals surface area contributed by atoms with Crippen LogP contribution in [0, 0.1) is 0 Å². The van der Waals surface area contributed by atoms with Gasteiger partial charge in [0.15, 0.2) is 0 Å². The second-order valence-corrected chi connectivity index (χ2v) is 16.8. The minimum absolute atomic E-state index is 0.168. The summed E-state index contributed by atoms with van der Waals surface area (Å²) in [4.78, 5) is 12.7. The van der Waals surface area contributed by atoms with Gasteiger partial charge in [0.1, 0.15) is 5.84 Å². The van der Waals surface area contributed by atoms with E-state index >= 15 is 0 Å². The van der Waals surface area contributed by atoms with Gasteiger partial charge in [0.25, 0.3) is 0 Å². The topological polar surface area (TPSA) is 37.3 Å². The van der Waals surface area contributed by atoms with E-state index in [0.717, 1.165) is 44.7 Å². The number of aromatic nitrogens is 1. The number of fused-ring (bicyclic) bond motifs is 10. The largest absolute Gasteiger partial charge is 0.340 e. The van der Waals surface area contributed by atoms with Gasteiger partial charge in [-0.3, -0.25) is 9.98 Å². The fraction of sp³-hybridized carbons (Fsp3) is 0.0357. The SMILES string of the molecule is C1=C(c2ccccc2)NC(c2ccccc2)=NC1c1cccc(-c2ccc3c(c2)C2(c4cc(-c5cccc6cccnc56)ccc4S3)c3ccccc3-c3ccccc32)c1. The molecule has 8 aromatic carbocycles. The van der Waals surface area contributed by atoms with Crippen molar-refractivity contribution in [1.29, 1.82) is 0 Å². The summed E-state index contributed by atoms with van der Waals surface area (Å²) in [6.07, 6.45) is 4.15. The molecule has 0 radical (unpaired) electrons. The summed E-state index contributed by atoms with van der Waals surface area (Å²) in [7, 11) is 0. The van der Waals surface area contributed by atoms with Gasteiger partial charge in [-0.1, -0.05) is 176 Å². The van der Waals surface area contributed by atoms with Crippen molar-refractivity contribution < 1.29 is 0 Å². The maximum Gasteiger partial charge on any atom is 0.133 e. The molecule has 3 aliphatic rings. The first-order chi connectivity index (χ1) is 29.7. The van der Waals surface area contributed by atoms with Crippen LogP contribution in [0.25, 0.3) is 50.0 Å². The number of para-hydroxylation sites is 1. The lowest BCUT2D eigenvalue weighted by atomic mass is 9.66. The molecule has 3 heterocycles. The van der Waals surface area contributed by atoms with Crippen LogP contribution in [-0.4, -0.2) is 10.8 Å². The van der Waals surface area contributed by atoms with E-state index in [-0.39, 0.29) is 6.04 Å². The molecule has 1 unspecified atom stereocenters. The highest BCUT2D eigenvalue weighted by molar-refractivity contribution is 7.99. The molecule has 60 heavy (non-hydrogen) atoms. The van der Waals surface area contributed by atoms with Crippen molar-refractivity contribution in [1.82, 2.24) is 10.3 Å². The van der Waals surface area contributed by atoms with E-state index in [0.29, 0.717) is 0 Å². The summed E-state index contributed by atoms with van der Waals surface area (Å²) in [6, 6.07) is 72.7. The predicted molar refractivity (Wildman–Crippen MR) is 247 cm³/mol. The van der Waals surface area contributed by atoms with Gasteiger partial charge in [-0.2, -0.15) is 0 Å². The number of amidine groups is 1. The fourth-order valence-corrected chi connectivity index (χ4v) is 10.9. The van der Waals surface area contributed by atoms with Gasteiger partial charge in [-0.25, -0.2) is 0 Å².